The van der Waals surface area contributed by atoms with Crippen molar-refractivity contribution in [1.82, 2.24) is 9.88 Å². The summed E-state index contributed by atoms with van der Waals surface area (Å²) in [6, 6.07) is 18.8. The third-order valence-corrected chi connectivity index (χ3v) is 4.04. The maximum absolute atomic E-state index is 13.0. The van der Waals surface area contributed by atoms with Crippen LogP contribution in [0.3, 0.4) is 0 Å². The average Bonchev–Trinajstić information content (AvgIpc) is 3.21. The molecule has 1 aliphatic rings. The molecule has 0 unspecified atom stereocenters. The van der Waals surface area contributed by atoms with E-state index in [1.807, 2.05) is 54.6 Å². The molecule has 0 radical (unpaired) electrons. The van der Waals surface area contributed by atoms with Gasteiger partial charge in [-0.05, 0) is 17.7 Å². The van der Waals surface area contributed by atoms with Crippen molar-refractivity contribution in [1.29, 1.82) is 0 Å². The molecule has 4 rings (SSSR count). The molecule has 0 aliphatic carbocycles. The molecule has 1 N–H and O–H groups in total. The van der Waals surface area contributed by atoms with Gasteiger partial charge in [0.25, 0.3) is 0 Å². The van der Waals surface area contributed by atoms with E-state index in [0.29, 0.717) is 18.1 Å². The van der Waals surface area contributed by atoms with Gasteiger partial charge in [-0.2, -0.15) is 0 Å². The number of urea groups is 1. The van der Waals surface area contributed by atoms with E-state index >= 15 is 0 Å². The highest BCUT2D eigenvalue weighted by atomic mass is 16.7. The first-order valence-corrected chi connectivity index (χ1v) is 8.22. The number of carbonyl (C=O) groups excluding carboxylic acids is 1. The molecule has 2 aromatic carbocycles. The van der Waals surface area contributed by atoms with Crippen molar-refractivity contribution in [2.45, 2.75) is 6.54 Å². The summed E-state index contributed by atoms with van der Waals surface area (Å²) in [6.07, 6.45) is 3.13. The zero-order valence-electron chi connectivity index (χ0n) is 14.0. The Morgan fingerprint density at radius 3 is 2.69 bits per heavy atom. The van der Waals surface area contributed by atoms with E-state index in [2.05, 4.69) is 10.3 Å². The van der Waals surface area contributed by atoms with Crippen molar-refractivity contribution < 1.29 is 14.3 Å². The largest absolute Gasteiger partial charge is 0.459 e. The van der Waals surface area contributed by atoms with Crippen molar-refractivity contribution >= 4 is 22.6 Å². The molecule has 0 fully saturated rings. The van der Waals surface area contributed by atoms with Crippen molar-refractivity contribution in [3.8, 4) is 0 Å². The Bertz CT molecular complexity index is 951. The van der Waals surface area contributed by atoms with Crippen LogP contribution in [-0.4, -0.2) is 22.7 Å². The van der Waals surface area contributed by atoms with E-state index in [1.165, 1.54) is 11.2 Å². The van der Waals surface area contributed by atoms with Gasteiger partial charge in [0.05, 0.1) is 17.7 Å². The Morgan fingerprint density at radius 2 is 1.88 bits per heavy atom. The highest BCUT2D eigenvalue weighted by Crippen LogP contribution is 2.23. The Labute approximate surface area is 150 Å². The molecule has 0 bridgehead atoms. The van der Waals surface area contributed by atoms with Gasteiger partial charge in [-0.25, -0.2) is 4.79 Å². The molecule has 2 heterocycles. The minimum absolute atomic E-state index is 0.103. The number of anilines is 1. The summed E-state index contributed by atoms with van der Waals surface area (Å²) < 4.78 is 10.6. The fraction of sp³-hybridized carbons (Fsp3) is 0.100. The van der Waals surface area contributed by atoms with Crippen LogP contribution in [0.25, 0.3) is 10.9 Å². The molecule has 0 atom stereocenters. The first-order chi connectivity index (χ1) is 12.8. The second-order valence-corrected chi connectivity index (χ2v) is 5.76. The molecule has 0 spiro atoms. The fourth-order valence-corrected chi connectivity index (χ4v) is 2.78. The van der Waals surface area contributed by atoms with Crippen molar-refractivity contribution in [3.63, 3.8) is 0 Å². The van der Waals surface area contributed by atoms with Gasteiger partial charge >= 0.3 is 6.03 Å². The Morgan fingerprint density at radius 1 is 1.08 bits per heavy atom. The molecule has 1 aliphatic heterocycles. The number of nitrogens with one attached hydrogen (secondary N) is 1. The van der Waals surface area contributed by atoms with E-state index in [0.717, 1.165) is 16.5 Å². The van der Waals surface area contributed by atoms with Crippen LogP contribution in [0.1, 0.15) is 5.56 Å². The molecule has 0 saturated heterocycles. The maximum atomic E-state index is 13.0. The second-order valence-electron chi connectivity index (χ2n) is 5.76. The number of nitrogens with zero attached hydrogens (tertiary/aromatic N) is 2. The summed E-state index contributed by atoms with van der Waals surface area (Å²) in [6.45, 7) is 0.469. The van der Waals surface area contributed by atoms with Gasteiger partial charge in [-0.15, -0.1) is 0 Å². The number of fused-ring (bicyclic) bond motifs is 1. The molecule has 6 heteroatoms. The number of amides is 2. The smallest absolute Gasteiger partial charge is 0.329 e. The number of para-hydroxylation sites is 1. The molecule has 0 saturated carbocycles. The summed E-state index contributed by atoms with van der Waals surface area (Å²) >= 11 is 0. The van der Waals surface area contributed by atoms with E-state index in [9.17, 15) is 4.79 Å². The number of pyridine rings is 1. The lowest BCUT2D eigenvalue weighted by Gasteiger charge is -2.22. The lowest BCUT2D eigenvalue weighted by Crippen LogP contribution is -2.34. The van der Waals surface area contributed by atoms with Gasteiger partial charge in [0.2, 0.25) is 12.7 Å². The van der Waals surface area contributed by atoms with Crippen molar-refractivity contribution in [2.75, 3.05) is 12.1 Å². The number of hydrogen-bond acceptors (Lipinski definition) is 4. The number of benzene rings is 2. The number of aromatic nitrogens is 1. The minimum Gasteiger partial charge on any atom is -0.459 e. The highest BCUT2D eigenvalue weighted by molar-refractivity contribution is 6.00. The van der Waals surface area contributed by atoms with Crippen molar-refractivity contribution in [3.05, 3.63) is 84.6 Å². The molecular weight excluding hydrogens is 330 g/mol. The van der Waals surface area contributed by atoms with Crippen LogP contribution in [0.2, 0.25) is 0 Å². The number of rotatable bonds is 4. The first-order valence-electron chi connectivity index (χ1n) is 8.22. The number of ether oxygens (including phenoxy) is 2. The van der Waals surface area contributed by atoms with Crippen LogP contribution >= 0.6 is 0 Å². The monoisotopic (exact) mass is 347 g/mol. The van der Waals surface area contributed by atoms with Gasteiger partial charge in [0, 0.05) is 11.6 Å². The predicted octanol–water partition coefficient (Wildman–Crippen LogP) is 4.07. The summed E-state index contributed by atoms with van der Waals surface area (Å²) in [7, 11) is 0. The van der Waals surface area contributed by atoms with Crippen LogP contribution < -0.4 is 5.32 Å². The summed E-state index contributed by atoms with van der Waals surface area (Å²) in [4.78, 5) is 18.8. The normalized spacial score (nSPS) is 12.8. The average molecular weight is 347 g/mol. The Kier molecular flexibility index (Phi) is 4.38. The van der Waals surface area contributed by atoms with Crippen LogP contribution in [-0.2, 0) is 16.0 Å². The third kappa shape index (κ3) is 3.30. The maximum Gasteiger partial charge on any atom is 0.329 e. The van der Waals surface area contributed by atoms with Gasteiger partial charge in [0.15, 0.2) is 0 Å². The lowest BCUT2D eigenvalue weighted by molar-refractivity contribution is 0.0554. The molecule has 2 amide bonds. The molecule has 3 aromatic rings. The van der Waals surface area contributed by atoms with Gasteiger partial charge < -0.3 is 14.8 Å². The van der Waals surface area contributed by atoms with Crippen LogP contribution in [0, 0.1) is 0 Å². The molecule has 1 aromatic heterocycles. The first kappa shape index (κ1) is 16.0. The van der Waals surface area contributed by atoms with Crippen LogP contribution in [0.15, 0.2) is 79.0 Å². The zero-order valence-corrected chi connectivity index (χ0v) is 14.0. The third-order valence-electron chi connectivity index (χ3n) is 4.04. The lowest BCUT2D eigenvalue weighted by atomic mass is 10.2. The van der Waals surface area contributed by atoms with E-state index in [4.69, 9.17) is 9.47 Å². The predicted molar refractivity (Wildman–Crippen MR) is 97.9 cm³/mol. The molecule has 26 heavy (non-hydrogen) atoms. The number of hydrogen-bond donors (Lipinski definition) is 1. The van der Waals surface area contributed by atoms with Crippen LogP contribution in [0.5, 0.6) is 0 Å². The molecular formula is C20H17N3O3. The topological polar surface area (TPSA) is 63.7 Å². The SMILES string of the molecule is O=C(Nc1ccnc2ccccc12)N(Cc1ccccc1)C1=COCO1. The quantitative estimate of drug-likeness (QED) is 0.773. The summed E-state index contributed by atoms with van der Waals surface area (Å²) in [5.41, 5.74) is 2.50. The molecule has 130 valence electrons. The van der Waals surface area contributed by atoms with Gasteiger partial charge in [-0.1, -0.05) is 48.5 Å². The summed E-state index contributed by atoms with van der Waals surface area (Å²) in [5, 5.41) is 3.83. The van der Waals surface area contributed by atoms with Gasteiger partial charge in [0.1, 0.15) is 6.26 Å². The van der Waals surface area contributed by atoms with Crippen LogP contribution in [0.4, 0.5) is 10.5 Å². The molecule has 6 nitrogen and oxygen atoms in total. The van der Waals surface area contributed by atoms with E-state index in [1.54, 1.807) is 12.3 Å². The second kappa shape index (κ2) is 7.14. The summed E-state index contributed by atoms with van der Waals surface area (Å²) in [5.74, 6) is 0.379. The number of carbonyl (C=O) groups is 1. The highest BCUT2D eigenvalue weighted by Gasteiger charge is 2.23. The zero-order chi connectivity index (χ0) is 17.8. The Balaban J connectivity index is 1.61. The van der Waals surface area contributed by atoms with Gasteiger partial charge in [-0.3, -0.25) is 9.88 Å². The minimum atomic E-state index is -0.304. The van der Waals surface area contributed by atoms with Crippen molar-refractivity contribution in [2.24, 2.45) is 0 Å². The Hall–Kier alpha value is -3.54. The standard InChI is InChI=1S/C20H17N3O3/c24-20(22-18-10-11-21-17-9-5-4-8-16(17)18)23(19-13-25-14-26-19)12-15-6-2-1-3-7-15/h1-11,13H,12,14H2,(H,21,22,24). The van der Waals surface area contributed by atoms with E-state index in [-0.39, 0.29) is 12.8 Å². The fourth-order valence-electron chi connectivity index (χ4n) is 2.78. The van der Waals surface area contributed by atoms with E-state index < -0.39 is 0 Å².